The molecule has 1 aromatic carbocycles. The number of benzene rings is 1. The van der Waals surface area contributed by atoms with E-state index in [0.717, 1.165) is 41.3 Å². The third kappa shape index (κ3) is 2.53. The average molecular weight is 314 g/mol. The van der Waals surface area contributed by atoms with Crippen molar-refractivity contribution in [2.24, 2.45) is 0 Å². The summed E-state index contributed by atoms with van der Waals surface area (Å²) in [4.78, 5) is 14.3. The Bertz CT molecular complexity index is 756. The van der Waals surface area contributed by atoms with Crippen LogP contribution in [0.15, 0.2) is 18.2 Å². The Labute approximate surface area is 133 Å². The van der Waals surface area contributed by atoms with Crippen LogP contribution >= 0.6 is 0 Å². The van der Waals surface area contributed by atoms with Crippen LogP contribution in [0.4, 0.5) is 0 Å². The summed E-state index contributed by atoms with van der Waals surface area (Å²) in [6.07, 6.45) is 0.876. The van der Waals surface area contributed by atoms with Crippen molar-refractivity contribution in [1.29, 1.82) is 0 Å². The Hall–Kier alpha value is -2.54. The summed E-state index contributed by atoms with van der Waals surface area (Å²) in [6, 6.07) is 5.73. The van der Waals surface area contributed by atoms with Crippen molar-refractivity contribution >= 4 is 5.91 Å². The molecule has 7 heteroatoms. The quantitative estimate of drug-likeness (QED) is 0.885. The van der Waals surface area contributed by atoms with Crippen molar-refractivity contribution in [2.45, 2.75) is 19.5 Å². The first-order chi connectivity index (χ1) is 11.2. The highest BCUT2D eigenvalue weighted by Gasteiger charge is 2.24. The van der Waals surface area contributed by atoms with Gasteiger partial charge in [-0.3, -0.25) is 9.89 Å². The predicted molar refractivity (Wildman–Crippen MR) is 82.4 cm³/mol. The summed E-state index contributed by atoms with van der Waals surface area (Å²) in [5, 5.41) is 10.5. The third-order valence-corrected chi connectivity index (χ3v) is 4.21. The van der Waals surface area contributed by atoms with Gasteiger partial charge in [0.25, 0.3) is 5.91 Å². The molecule has 3 heterocycles. The monoisotopic (exact) mass is 314 g/mol. The number of H-pyrrole nitrogens is 1. The van der Waals surface area contributed by atoms with E-state index >= 15 is 0 Å². The Morgan fingerprint density at radius 2 is 2.22 bits per heavy atom. The fraction of sp³-hybridized carbons (Fsp3) is 0.375. The normalized spacial score (nSPS) is 15.3. The zero-order valence-electron chi connectivity index (χ0n) is 12.9. The molecule has 0 atom stereocenters. The fourth-order valence-electron chi connectivity index (χ4n) is 2.97. The lowest BCUT2D eigenvalue weighted by atomic mass is 10.1. The summed E-state index contributed by atoms with van der Waals surface area (Å²) in [7, 11) is 1.78. The van der Waals surface area contributed by atoms with E-state index in [-0.39, 0.29) is 12.7 Å². The minimum atomic E-state index is -0.0798. The predicted octanol–water partition coefficient (Wildman–Crippen LogP) is 1.06. The molecule has 1 amide bonds. The highest BCUT2D eigenvalue weighted by molar-refractivity contribution is 5.93. The number of fused-ring (bicyclic) bond motifs is 2. The molecule has 0 spiro atoms. The van der Waals surface area contributed by atoms with Crippen molar-refractivity contribution in [3.05, 3.63) is 40.7 Å². The number of carbonyl (C=O) groups is 1. The molecule has 120 valence electrons. The van der Waals surface area contributed by atoms with Gasteiger partial charge >= 0.3 is 0 Å². The number of rotatable bonds is 3. The lowest BCUT2D eigenvalue weighted by Crippen LogP contribution is -2.29. The second-order valence-corrected chi connectivity index (χ2v) is 5.80. The maximum absolute atomic E-state index is 12.7. The Morgan fingerprint density at radius 1 is 1.35 bits per heavy atom. The molecule has 0 saturated carbocycles. The zero-order valence-corrected chi connectivity index (χ0v) is 12.9. The van der Waals surface area contributed by atoms with Gasteiger partial charge in [-0.1, -0.05) is 6.07 Å². The molecule has 0 bridgehead atoms. The van der Waals surface area contributed by atoms with Crippen LogP contribution in [0.5, 0.6) is 11.5 Å². The van der Waals surface area contributed by atoms with Gasteiger partial charge in [0.1, 0.15) is 0 Å². The lowest BCUT2D eigenvalue weighted by Gasteiger charge is -2.18. The molecule has 0 saturated heterocycles. The third-order valence-electron chi connectivity index (χ3n) is 4.21. The van der Waals surface area contributed by atoms with E-state index in [9.17, 15) is 4.79 Å². The smallest absolute Gasteiger partial charge is 0.274 e. The first kappa shape index (κ1) is 14.1. The standard InChI is InChI=1S/C16H18N4O3/c1-20(8-10-2-3-13-14(6-10)23-9-22-13)16(21)15-11-7-17-5-4-12(11)18-19-15/h2-3,6,17H,4-5,7-9H2,1H3,(H,18,19). The lowest BCUT2D eigenvalue weighted by molar-refractivity contribution is 0.0777. The average Bonchev–Trinajstić information content (AvgIpc) is 3.20. The highest BCUT2D eigenvalue weighted by Crippen LogP contribution is 2.32. The van der Waals surface area contributed by atoms with Crippen molar-refractivity contribution in [3.63, 3.8) is 0 Å². The van der Waals surface area contributed by atoms with Crippen LogP contribution in [-0.2, 0) is 19.5 Å². The molecule has 0 unspecified atom stereocenters. The number of hydrogen-bond acceptors (Lipinski definition) is 5. The van der Waals surface area contributed by atoms with Gasteiger partial charge in [0, 0.05) is 44.4 Å². The van der Waals surface area contributed by atoms with Crippen molar-refractivity contribution < 1.29 is 14.3 Å². The van der Waals surface area contributed by atoms with E-state index in [1.165, 1.54) is 0 Å². The second-order valence-electron chi connectivity index (χ2n) is 5.80. The van der Waals surface area contributed by atoms with Gasteiger partial charge in [0.2, 0.25) is 6.79 Å². The van der Waals surface area contributed by atoms with Crippen LogP contribution < -0.4 is 14.8 Å². The van der Waals surface area contributed by atoms with Gasteiger partial charge in [-0.25, -0.2) is 0 Å². The molecule has 7 nitrogen and oxygen atoms in total. The van der Waals surface area contributed by atoms with Crippen molar-refractivity contribution in [3.8, 4) is 11.5 Å². The Balaban J connectivity index is 1.51. The van der Waals surface area contributed by atoms with E-state index in [2.05, 4.69) is 15.5 Å². The van der Waals surface area contributed by atoms with Gasteiger partial charge in [0.15, 0.2) is 17.2 Å². The van der Waals surface area contributed by atoms with Crippen LogP contribution in [0, 0.1) is 0 Å². The van der Waals surface area contributed by atoms with E-state index in [4.69, 9.17) is 9.47 Å². The molecule has 2 N–H and O–H groups in total. The molecule has 1 aromatic heterocycles. The first-order valence-electron chi connectivity index (χ1n) is 7.63. The van der Waals surface area contributed by atoms with Gasteiger partial charge in [-0.2, -0.15) is 5.10 Å². The summed E-state index contributed by atoms with van der Waals surface area (Å²) >= 11 is 0. The van der Waals surface area contributed by atoms with Gasteiger partial charge in [-0.15, -0.1) is 0 Å². The number of ether oxygens (including phenoxy) is 2. The molecule has 23 heavy (non-hydrogen) atoms. The number of aromatic amines is 1. The topological polar surface area (TPSA) is 79.5 Å². The van der Waals surface area contributed by atoms with E-state index in [0.29, 0.717) is 18.8 Å². The van der Waals surface area contributed by atoms with Crippen LogP contribution in [-0.4, -0.2) is 41.4 Å². The van der Waals surface area contributed by atoms with Gasteiger partial charge < -0.3 is 19.7 Å². The van der Waals surface area contributed by atoms with Crippen LogP contribution in [0.1, 0.15) is 27.3 Å². The number of amides is 1. The van der Waals surface area contributed by atoms with Crippen molar-refractivity contribution in [1.82, 2.24) is 20.4 Å². The van der Waals surface area contributed by atoms with Crippen molar-refractivity contribution in [2.75, 3.05) is 20.4 Å². The van der Waals surface area contributed by atoms with E-state index in [1.807, 2.05) is 18.2 Å². The number of nitrogens with zero attached hydrogens (tertiary/aromatic N) is 2. The van der Waals surface area contributed by atoms with Gasteiger partial charge in [0.05, 0.1) is 0 Å². The fourth-order valence-corrected chi connectivity index (χ4v) is 2.97. The summed E-state index contributed by atoms with van der Waals surface area (Å²) < 4.78 is 10.7. The number of aromatic nitrogens is 2. The van der Waals surface area contributed by atoms with E-state index in [1.54, 1.807) is 11.9 Å². The zero-order chi connectivity index (χ0) is 15.8. The molecule has 0 fully saturated rings. The summed E-state index contributed by atoms with van der Waals surface area (Å²) in [6.45, 7) is 2.34. The molecule has 2 aromatic rings. The van der Waals surface area contributed by atoms with Gasteiger partial charge in [-0.05, 0) is 17.7 Å². The molecular weight excluding hydrogens is 296 g/mol. The van der Waals surface area contributed by atoms with E-state index < -0.39 is 0 Å². The Kier molecular flexibility index (Phi) is 3.42. The number of nitrogens with one attached hydrogen (secondary N) is 2. The number of hydrogen-bond donors (Lipinski definition) is 2. The largest absolute Gasteiger partial charge is 0.454 e. The maximum Gasteiger partial charge on any atom is 0.274 e. The summed E-state index contributed by atoms with van der Waals surface area (Å²) in [5.74, 6) is 1.39. The SMILES string of the molecule is CN(Cc1ccc2c(c1)OCO2)C(=O)c1n[nH]c2c1CNCC2. The molecule has 2 aliphatic heterocycles. The van der Waals surface area contributed by atoms with Crippen LogP contribution in [0.25, 0.3) is 0 Å². The molecule has 0 radical (unpaired) electrons. The first-order valence-corrected chi connectivity index (χ1v) is 7.63. The Morgan fingerprint density at radius 3 is 3.13 bits per heavy atom. The minimum Gasteiger partial charge on any atom is -0.454 e. The number of carbonyl (C=O) groups excluding carboxylic acids is 1. The molecule has 4 rings (SSSR count). The summed E-state index contributed by atoms with van der Waals surface area (Å²) in [5.41, 5.74) is 3.55. The second kappa shape index (κ2) is 5.58. The van der Waals surface area contributed by atoms with Crippen LogP contribution in [0.3, 0.4) is 0 Å². The maximum atomic E-state index is 12.7. The highest BCUT2D eigenvalue weighted by atomic mass is 16.7. The molecular formula is C16H18N4O3. The van der Waals surface area contributed by atoms with Crippen LogP contribution in [0.2, 0.25) is 0 Å². The molecule has 2 aliphatic rings. The molecule has 0 aliphatic carbocycles. The minimum absolute atomic E-state index is 0.0798.